The Kier molecular flexibility index (Phi) is 8.74. The lowest BCUT2D eigenvalue weighted by Crippen LogP contribution is -2.39. The average Bonchev–Trinajstić information content (AvgIpc) is 3.35. The number of nitro groups is 1. The van der Waals surface area contributed by atoms with Crippen molar-refractivity contribution >= 4 is 38.3 Å². The number of methoxy groups -OCH3 is 2. The fraction of sp³-hybridized carbons (Fsp3) is 0.440. The number of carbonyl (C=O) groups excluding carboxylic acids is 1. The molecule has 0 radical (unpaired) electrons. The summed E-state index contributed by atoms with van der Waals surface area (Å²) in [4.78, 5) is 33.8. The molecule has 0 spiro atoms. The van der Waals surface area contributed by atoms with E-state index in [1.807, 2.05) is 25.1 Å². The molecule has 1 saturated heterocycles. The molecule has 12 heteroatoms. The highest BCUT2D eigenvalue weighted by molar-refractivity contribution is 7.22. The minimum atomic E-state index is -0.591. The van der Waals surface area contributed by atoms with Crippen LogP contribution in [0.4, 0.5) is 10.8 Å². The van der Waals surface area contributed by atoms with E-state index in [2.05, 4.69) is 4.90 Å². The number of amides is 1. The Balaban J connectivity index is 1.72. The monoisotopic (exact) mass is 530 g/mol. The van der Waals surface area contributed by atoms with Crippen LogP contribution in [0.25, 0.3) is 10.2 Å². The molecule has 0 saturated carbocycles. The molecule has 1 aliphatic heterocycles. The third-order valence-electron chi connectivity index (χ3n) is 6.04. The molecule has 37 heavy (non-hydrogen) atoms. The molecule has 3 aromatic rings. The lowest BCUT2D eigenvalue weighted by atomic mass is 10.1. The van der Waals surface area contributed by atoms with Gasteiger partial charge in [0.25, 0.3) is 11.6 Å². The van der Waals surface area contributed by atoms with Gasteiger partial charge in [0, 0.05) is 32.2 Å². The SMILES string of the molecule is CCOc1cccc2sc(N(CCCN3CCOCC3)C(=O)c3cc(OC)c(OC)cc3[N+](=O)[O-])nc12. The molecule has 2 aromatic carbocycles. The zero-order valence-corrected chi connectivity index (χ0v) is 21.9. The number of aromatic nitrogens is 1. The van der Waals surface area contributed by atoms with Crippen LogP contribution in [0.2, 0.25) is 0 Å². The summed E-state index contributed by atoms with van der Waals surface area (Å²) in [5, 5.41) is 12.4. The van der Waals surface area contributed by atoms with E-state index < -0.39 is 10.8 Å². The Morgan fingerprint density at radius 3 is 2.59 bits per heavy atom. The molecule has 198 valence electrons. The van der Waals surface area contributed by atoms with E-state index in [0.717, 1.165) is 24.3 Å². The summed E-state index contributed by atoms with van der Waals surface area (Å²) in [6.45, 7) is 6.47. The number of para-hydroxylation sites is 1. The van der Waals surface area contributed by atoms with Gasteiger partial charge in [0.1, 0.15) is 16.8 Å². The fourth-order valence-corrected chi connectivity index (χ4v) is 5.20. The van der Waals surface area contributed by atoms with Crippen LogP contribution in [0.5, 0.6) is 17.2 Å². The lowest BCUT2D eigenvalue weighted by Gasteiger charge is -2.27. The van der Waals surface area contributed by atoms with E-state index in [9.17, 15) is 14.9 Å². The third-order valence-corrected chi connectivity index (χ3v) is 7.08. The van der Waals surface area contributed by atoms with Crippen LogP contribution >= 0.6 is 11.3 Å². The van der Waals surface area contributed by atoms with Gasteiger partial charge in [-0.1, -0.05) is 17.4 Å². The summed E-state index contributed by atoms with van der Waals surface area (Å²) in [6.07, 6.45) is 0.654. The molecule has 0 unspecified atom stereocenters. The van der Waals surface area contributed by atoms with E-state index in [4.69, 9.17) is 23.9 Å². The van der Waals surface area contributed by atoms with Gasteiger partial charge in [-0.3, -0.25) is 24.7 Å². The van der Waals surface area contributed by atoms with Crippen molar-refractivity contribution in [2.75, 3.05) is 65.1 Å². The largest absolute Gasteiger partial charge is 0.493 e. The number of benzene rings is 2. The second kappa shape index (κ2) is 12.2. The first-order valence-electron chi connectivity index (χ1n) is 12.0. The molecule has 1 aromatic heterocycles. The van der Waals surface area contributed by atoms with Crippen molar-refractivity contribution in [2.24, 2.45) is 0 Å². The Morgan fingerprint density at radius 1 is 1.19 bits per heavy atom. The Hall–Kier alpha value is -3.48. The molecular weight excluding hydrogens is 500 g/mol. The standard InChI is InChI=1S/C25H30N4O7S/c1-4-36-19-7-5-8-22-23(19)26-25(37-22)28(10-6-9-27-11-13-35-14-12-27)24(30)17-15-20(33-2)21(34-3)16-18(17)29(31)32/h5,7-8,15-16H,4,6,9-14H2,1-3H3. The van der Waals surface area contributed by atoms with Crippen molar-refractivity contribution in [2.45, 2.75) is 13.3 Å². The topological polar surface area (TPSA) is 117 Å². The van der Waals surface area contributed by atoms with Crippen LogP contribution in [0.15, 0.2) is 30.3 Å². The molecule has 0 N–H and O–H groups in total. The van der Waals surface area contributed by atoms with Crippen molar-refractivity contribution in [1.82, 2.24) is 9.88 Å². The summed E-state index contributed by atoms with van der Waals surface area (Å²) in [7, 11) is 2.80. The zero-order valence-electron chi connectivity index (χ0n) is 21.1. The van der Waals surface area contributed by atoms with Crippen molar-refractivity contribution in [3.8, 4) is 17.2 Å². The quantitative estimate of drug-likeness (QED) is 0.268. The van der Waals surface area contributed by atoms with Gasteiger partial charge in [0.05, 0.1) is 49.7 Å². The molecule has 0 aliphatic carbocycles. The Labute approximate surface area is 218 Å². The summed E-state index contributed by atoms with van der Waals surface area (Å²) in [5.74, 6) is 0.491. The highest BCUT2D eigenvalue weighted by Gasteiger charge is 2.30. The van der Waals surface area contributed by atoms with E-state index in [-0.39, 0.29) is 22.7 Å². The van der Waals surface area contributed by atoms with E-state index >= 15 is 0 Å². The molecule has 4 rings (SSSR count). The molecule has 1 fully saturated rings. The minimum Gasteiger partial charge on any atom is -0.493 e. The first kappa shape index (κ1) is 26.6. The maximum Gasteiger partial charge on any atom is 0.286 e. The number of carbonyl (C=O) groups is 1. The van der Waals surface area contributed by atoms with Gasteiger partial charge in [-0.05, 0) is 25.5 Å². The van der Waals surface area contributed by atoms with Gasteiger partial charge < -0.3 is 18.9 Å². The molecule has 2 heterocycles. The van der Waals surface area contributed by atoms with Gasteiger partial charge >= 0.3 is 0 Å². The minimum absolute atomic E-state index is 0.0988. The highest BCUT2D eigenvalue weighted by Crippen LogP contribution is 2.38. The van der Waals surface area contributed by atoms with Crippen molar-refractivity contribution < 1.29 is 28.7 Å². The normalized spacial score (nSPS) is 13.9. The van der Waals surface area contributed by atoms with E-state index in [1.54, 1.807) is 0 Å². The number of morpholine rings is 1. The van der Waals surface area contributed by atoms with E-state index in [0.29, 0.717) is 49.2 Å². The second-order valence-electron chi connectivity index (χ2n) is 8.28. The summed E-state index contributed by atoms with van der Waals surface area (Å²) >= 11 is 1.34. The number of rotatable bonds is 11. The van der Waals surface area contributed by atoms with Gasteiger partial charge in [-0.25, -0.2) is 4.98 Å². The predicted molar refractivity (Wildman–Crippen MR) is 141 cm³/mol. The number of hydrogen-bond donors (Lipinski definition) is 0. The molecule has 0 bridgehead atoms. The maximum absolute atomic E-state index is 13.9. The third kappa shape index (κ3) is 5.92. The maximum atomic E-state index is 13.9. The molecule has 1 aliphatic rings. The van der Waals surface area contributed by atoms with Crippen LogP contribution in [-0.4, -0.2) is 80.9 Å². The first-order chi connectivity index (χ1) is 18.0. The Morgan fingerprint density at radius 2 is 1.92 bits per heavy atom. The van der Waals surface area contributed by atoms with Crippen molar-refractivity contribution in [3.05, 3.63) is 46.0 Å². The van der Waals surface area contributed by atoms with Gasteiger partial charge in [0.15, 0.2) is 16.6 Å². The van der Waals surface area contributed by atoms with Crippen LogP contribution in [-0.2, 0) is 4.74 Å². The smallest absolute Gasteiger partial charge is 0.286 e. The van der Waals surface area contributed by atoms with Crippen LogP contribution in [0, 0.1) is 10.1 Å². The molecule has 11 nitrogen and oxygen atoms in total. The molecule has 0 atom stereocenters. The van der Waals surface area contributed by atoms with Gasteiger partial charge in [0.2, 0.25) is 0 Å². The summed E-state index contributed by atoms with van der Waals surface area (Å²) < 4.78 is 22.6. The van der Waals surface area contributed by atoms with E-state index in [1.165, 1.54) is 42.6 Å². The van der Waals surface area contributed by atoms with Crippen LogP contribution in [0.3, 0.4) is 0 Å². The fourth-order valence-electron chi connectivity index (χ4n) is 4.20. The number of thiazole rings is 1. The zero-order chi connectivity index (χ0) is 26.4. The first-order valence-corrected chi connectivity index (χ1v) is 12.8. The summed E-state index contributed by atoms with van der Waals surface area (Å²) in [5.41, 5.74) is 0.187. The predicted octanol–water partition coefficient (Wildman–Crippen LogP) is 3.99. The van der Waals surface area contributed by atoms with Crippen molar-refractivity contribution in [3.63, 3.8) is 0 Å². The number of nitrogens with zero attached hydrogens (tertiary/aromatic N) is 4. The van der Waals surface area contributed by atoms with Gasteiger partial charge in [-0.2, -0.15) is 0 Å². The van der Waals surface area contributed by atoms with Crippen LogP contribution < -0.4 is 19.1 Å². The Bertz CT molecular complexity index is 1260. The number of fused-ring (bicyclic) bond motifs is 1. The highest BCUT2D eigenvalue weighted by atomic mass is 32.1. The van der Waals surface area contributed by atoms with Crippen LogP contribution in [0.1, 0.15) is 23.7 Å². The van der Waals surface area contributed by atoms with Gasteiger partial charge in [-0.15, -0.1) is 0 Å². The number of hydrogen-bond acceptors (Lipinski definition) is 10. The second-order valence-corrected chi connectivity index (χ2v) is 9.29. The molecule has 1 amide bonds. The van der Waals surface area contributed by atoms with Crippen molar-refractivity contribution in [1.29, 1.82) is 0 Å². The number of nitro benzene ring substituents is 1. The number of anilines is 1. The molecular formula is C25H30N4O7S. The average molecular weight is 531 g/mol. The lowest BCUT2D eigenvalue weighted by molar-refractivity contribution is -0.385. The number of ether oxygens (including phenoxy) is 4. The summed E-state index contributed by atoms with van der Waals surface area (Å²) in [6, 6.07) is 8.18.